The summed E-state index contributed by atoms with van der Waals surface area (Å²) < 4.78 is 19.4. The predicted octanol–water partition coefficient (Wildman–Crippen LogP) is 3.75. The van der Waals surface area contributed by atoms with Crippen LogP contribution in [0.2, 0.25) is 0 Å². The van der Waals surface area contributed by atoms with Crippen molar-refractivity contribution in [2.45, 2.75) is 24.8 Å². The van der Waals surface area contributed by atoms with E-state index in [-0.39, 0.29) is 17.4 Å². The van der Waals surface area contributed by atoms with E-state index in [2.05, 4.69) is 6.07 Å². The van der Waals surface area contributed by atoms with Gasteiger partial charge < -0.3 is 9.64 Å². The molecule has 2 aromatic carbocycles. The molecule has 0 radical (unpaired) electrons. The van der Waals surface area contributed by atoms with Crippen molar-refractivity contribution < 1.29 is 13.9 Å². The zero-order valence-electron chi connectivity index (χ0n) is 14.0. The van der Waals surface area contributed by atoms with Gasteiger partial charge in [0.05, 0.1) is 30.7 Å². The molecule has 1 fully saturated rings. The third-order valence-corrected chi connectivity index (χ3v) is 4.66. The van der Waals surface area contributed by atoms with Crippen molar-refractivity contribution in [3.05, 3.63) is 65.5 Å². The lowest BCUT2D eigenvalue weighted by Gasteiger charge is -2.28. The maximum atomic E-state index is 14.5. The van der Waals surface area contributed by atoms with Crippen molar-refractivity contribution in [3.8, 4) is 11.8 Å². The predicted molar refractivity (Wildman–Crippen MR) is 91.8 cm³/mol. The highest BCUT2D eigenvalue weighted by Crippen LogP contribution is 2.33. The zero-order chi connectivity index (χ0) is 17.8. The second kappa shape index (κ2) is 7.35. The lowest BCUT2D eigenvalue weighted by molar-refractivity contribution is 0.0722. The summed E-state index contributed by atoms with van der Waals surface area (Å²) in [5.74, 6) is -1.44. The van der Waals surface area contributed by atoms with Crippen LogP contribution in [0.3, 0.4) is 0 Å². The van der Waals surface area contributed by atoms with Crippen molar-refractivity contribution in [2.75, 3.05) is 13.7 Å². The van der Waals surface area contributed by atoms with Crippen molar-refractivity contribution in [3.63, 3.8) is 0 Å². The summed E-state index contributed by atoms with van der Waals surface area (Å²) in [5, 5.41) is 9.66. The quantitative estimate of drug-likeness (QED) is 0.853. The molecule has 5 heteroatoms. The van der Waals surface area contributed by atoms with Gasteiger partial charge in [-0.25, -0.2) is 4.39 Å². The normalized spacial score (nSPS) is 17.8. The van der Waals surface area contributed by atoms with E-state index in [4.69, 9.17) is 4.74 Å². The zero-order valence-corrected chi connectivity index (χ0v) is 14.0. The number of halogens is 1. The largest absolute Gasteiger partial charge is 0.494 e. The van der Waals surface area contributed by atoms with Gasteiger partial charge in [0.25, 0.3) is 5.91 Å². The molecule has 2 unspecified atom stereocenters. The van der Waals surface area contributed by atoms with Crippen LogP contribution in [-0.4, -0.2) is 30.5 Å². The van der Waals surface area contributed by atoms with Gasteiger partial charge in [-0.3, -0.25) is 4.79 Å². The number of ether oxygens (including phenoxy) is 1. The van der Waals surface area contributed by atoms with Crippen LogP contribution < -0.4 is 4.74 Å². The minimum Gasteiger partial charge on any atom is -0.494 e. The molecule has 2 aromatic rings. The monoisotopic (exact) mass is 338 g/mol. The molecule has 2 atom stereocenters. The summed E-state index contributed by atoms with van der Waals surface area (Å²) in [6.07, 6.45) is 1.53. The van der Waals surface area contributed by atoms with Crippen LogP contribution in [0, 0.1) is 17.1 Å². The highest BCUT2D eigenvalue weighted by molar-refractivity contribution is 5.95. The first-order chi connectivity index (χ1) is 12.2. The van der Waals surface area contributed by atoms with E-state index >= 15 is 0 Å². The number of carbonyl (C=O) groups excluding carboxylic acids is 1. The number of hydrogen-bond donors (Lipinski definition) is 0. The minimum atomic E-state index is -0.658. The molecular weight excluding hydrogens is 319 g/mol. The molecule has 0 bridgehead atoms. The lowest BCUT2D eigenvalue weighted by Crippen LogP contribution is -2.39. The Hall–Kier alpha value is -2.87. The molecule has 0 N–H and O–H groups in total. The molecule has 1 heterocycles. The highest BCUT2D eigenvalue weighted by atomic mass is 19.1. The van der Waals surface area contributed by atoms with Crippen molar-refractivity contribution in [2.24, 2.45) is 0 Å². The van der Waals surface area contributed by atoms with Crippen LogP contribution in [-0.2, 0) is 0 Å². The summed E-state index contributed by atoms with van der Waals surface area (Å²) in [6.45, 7) is 0.519. The van der Waals surface area contributed by atoms with Crippen molar-refractivity contribution in [1.29, 1.82) is 5.26 Å². The Bertz CT molecular complexity index is 801. The summed E-state index contributed by atoms with van der Waals surface area (Å²) in [7, 11) is 1.37. The standard InChI is InChI=1S/C20H19FN2O2/c1-25-18-11-5-9-15(19(18)21)20(24)23-12-6-10-17(23)16(13-22)14-7-3-2-4-8-14/h2-5,7-9,11,16-17H,6,10,12H2,1H3. The van der Waals surface area contributed by atoms with Gasteiger partial charge in [-0.05, 0) is 30.5 Å². The Morgan fingerprint density at radius 3 is 2.72 bits per heavy atom. The first kappa shape index (κ1) is 17.0. The van der Waals surface area contributed by atoms with Crippen LogP contribution in [0.25, 0.3) is 0 Å². The molecule has 1 amide bonds. The molecular formula is C20H19FN2O2. The van der Waals surface area contributed by atoms with Crippen LogP contribution in [0.1, 0.15) is 34.7 Å². The first-order valence-corrected chi connectivity index (χ1v) is 8.25. The fraction of sp³-hybridized carbons (Fsp3) is 0.300. The topological polar surface area (TPSA) is 53.3 Å². The van der Waals surface area contributed by atoms with Gasteiger partial charge in [0.15, 0.2) is 11.6 Å². The summed E-state index contributed by atoms with van der Waals surface area (Å²) in [4.78, 5) is 14.5. The summed E-state index contributed by atoms with van der Waals surface area (Å²) in [6, 6.07) is 16.0. The van der Waals surface area contributed by atoms with Crippen molar-refractivity contribution in [1.82, 2.24) is 4.90 Å². The molecule has 128 valence electrons. The number of hydrogen-bond acceptors (Lipinski definition) is 3. The smallest absolute Gasteiger partial charge is 0.257 e. The molecule has 0 aromatic heterocycles. The Morgan fingerprint density at radius 2 is 2.04 bits per heavy atom. The van der Waals surface area contributed by atoms with E-state index < -0.39 is 17.6 Å². The van der Waals surface area contributed by atoms with Crippen molar-refractivity contribution >= 4 is 5.91 Å². The lowest BCUT2D eigenvalue weighted by atomic mass is 9.91. The Balaban J connectivity index is 1.91. The number of methoxy groups -OCH3 is 1. The van der Waals surface area contributed by atoms with E-state index in [1.54, 1.807) is 11.0 Å². The molecule has 25 heavy (non-hydrogen) atoms. The van der Waals surface area contributed by atoms with E-state index in [1.807, 2.05) is 30.3 Å². The molecule has 1 saturated heterocycles. The summed E-state index contributed by atoms with van der Waals surface area (Å²) >= 11 is 0. The number of likely N-dealkylation sites (tertiary alicyclic amines) is 1. The van der Waals surface area contributed by atoms with Gasteiger partial charge >= 0.3 is 0 Å². The van der Waals surface area contributed by atoms with Gasteiger partial charge in [-0.2, -0.15) is 5.26 Å². The van der Waals surface area contributed by atoms with Crippen LogP contribution >= 0.6 is 0 Å². The van der Waals surface area contributed by atoms with Gasteiger partial charge in [0.1, 0.15) is 0 Å². The Labute approximate surface area is 146 Å². The average Bonchev–Trinajstić information content (AvgIpc) is 3.12. The number of benzene rings is 2. The first-order valence-electron chi connectivity index (χ1n) is 8.25. The SMILES string of the molecule is COc1cccc(C(=O)N2CCCC2C(C#N)c2ccccc2)c1F. The van der Waals surface area contributed by atoms with Crippen LogP contribution in [0.5, 0.6) is 5.75 Å². The van der Waals surface area contributed by atoms with Crippen LogP contribution in [0.4, 0.5) is 4.39 Å². The second-order valence-corrected chi connectivity index (χ2v) is 6.05. The Morgan fingerprint density at radius 1 is 1.28 bits per heavy atom. The third kappa shape index (κ3) is 3.20. The van der Waals surface area contributed by atoms with Crippen LogP contribution in [0.15, 0.2) is 48.5 Å². The molecule has 0 aliphatic carbocycles. The van der Waals surface area contributed by atoms with Gasteiger partial charge in [-0.1, -0.05) is 36.4 Å². The number of carbonyl (C=O) groups is 1. The fourth-order valence-electron chi connectivity index (χ4n) is 3.42. The van der Waals surface area contributed by atoms with E-state index in [1.165, 1.54) is 19.2 Å². The fourth-order valence-corrected chi connectivity index (χ4v) is 3.42. The molecule has 1 aliphatic heterocycles. The van der Waals surface area contributed by atoms with Gasteiger partial charge in [-0.15, -0.1) is 0 Å². The number of nitrogens with zero attached hydrogens (tertiary/aromatic N) is 2. The Kier molecular flexibility index (Phi) is 4.99. The van der Waals surface area contributed by atoms with E-state index in [0.717, 1.165) is 18.4 Å². The van der Waals surface area contributed by atoms with E-state index in [9.17, 15) is 14.4 Å². The maximum absolute atomic E-state index is 14.5. The maximum Gasteiger partial charge on any atom is 0.257 e. The number of amides is 1. The van der Waals surface area contributed by atoms with Gasteiger partial charge in [0.2, 0.25) is 0 Å². The molecule has 1 aliphatic rings. The average molecular weight is 338 g/mol. The second-order valence-electron chi connectivity index (χ2n) is 6.05. The molecule has 0 saturated carbocycles. The van der Waals surface area contributed by atoms with Gasteiger partial charge in [0, 0.05) is 6.54 Å². The molecule has 3 rings (SSSR count). The third-order valence-electron chi connectivity index (χ3n) is 4.66. The number of nitriles is 1. The molecule has 0 spiro atoms. The molecule has 4 nitrogen and oxygen atoms in total. The number of rotatable bonds is 4. The minimum absolute atomic E-state index is 0.0176. The highest BCUT2D eigenvalue weighted by Gasteiger charge is 2.37. The van der Waals surface area contributed by atoms with E-state index in [0.29, 0.717) is 6.54 Å². The summed E-state index contributed by atoms with van der Waals surface area (Å²) in [5.41, 5.74) is 0.858.